The second kappa shape index (κ2) is 9.94. The number of carbonyl (C=O) groups is 1. The molecular formula is C18H27FN2O7. The third kappa shape index (κ3) is 5.06. The van der Waals surface area contributed by atoms with Gasteiger partial charge in [0.25, 0.3) is 5.56 Å². The molecule has 2 heterocycles. The van der Waals surface area contributed by atoms with Crippen LogP contribution >= 0.6 is 0 Å². The molecule has 0 saturated carbocycles. The zero-order valence-electron chi connectivity index (χ0n) is 16.0. The Morgan fingerprint density at radius 3 is 2.71 bits per heavy atom. The Labute approximate surface area is 161 Å². The van der Waals surface area contributed by atoms with Gasteiger partial charge in [-0.3, -0.25) is 14.2 Å². The quantitative estimate of drug-likeness (QED) is 0.463. The van der Waals surface area contributed by atoms with E-state index in [0.29, 0.717) is 17.2 Å². The van der Waals surface area contributed by atoms with Gasteiger partial charge in [-0.05, 0) is 13.3 Å². The van der Waals surface area contributed by atoms with Gasteiger partial charge in [0.05, 0.1) is 18.9 Å². The summed E-state index contributed by atoms with van der Waals surface area (Å²) < 4.78 is 25.9. The van der Waals surface area contributed by atoms with E-state index in [0.717, 1.165) is 23.8 Å². The Kier molecular flexibility index (Phi) is 7.90. The van der Waals surface area contributed by atoms with Crippen LogP contribution in [0.2, 0.25) is 0 Å². The molecule has 28 heavy (non-hydrogen) atoms. The van der Waals surface area contributed by atoms with Crippen LogP contribution in [-0.4, -0.2) is 44.1 Å². The van der Waals surface area contributed by atoms with Gasteiger partial charge in [-0.15, -0.1) is 0 Å². The number of nitrogens with zero attached hydrogens (tertiary/aromatic N) is 2. The molecule has 1 aliphatic rings. The van der Waals surface area contributed by atoms with E-state index in [2.05, 4.69) is 0 Å². The van der Waals surface area contributed by atoms with Gasteiger partial charge >= 0.3 is 11.7 Å². The summed E-state index contributed by atoms with van der Waals surface area (Å²) in [4.78, 5) is 36.8. The Morgan fingerprint density at radius 1 is 1.39 bits per heavy atom. The minimum absolute atomic E-state index is 0.0611. The molecule has 0 bridgehead atoms. The van der Waals surface area contributed by atoms with Crippen molar-refractivity contribution >= 4 is 5.97 Å². The first-order chi connectivity index (χ1) is 13.3. The van der Waals surface area contributed by atoms with E-state index in [4.69, 9.17) is 14.6 Å². The van der Waals surface area contributed by atoms with E-state index in [1.807, 2.05) is 6.92 Å². The first kappa shape index (κ1) is 22.3. The molecule has 0 amide bonds. The van der Waals surface area contributed by atoms with Gasteiger partial charge in [0.1, 0.15) is 12.3 Å². The molecule has 1 aromatic rings. The second-order valence-electron chi connectivity index (χ2n) is 6.86. The molecule has 2 rings (SSSR count). The van der Waals surface area contributed by atoms with Gasteiger partial charge in [-0.25, -0.2) is 9.36 Å². The van der Waals surface area contributed by atoms with Crippen LogP contribution in [0.1, 0.15) is 64.8 Å². The summed E-state index contributed by atoms with van der Waals surface area (Å²) in [5, 5.41) is 19.0. The monoisotopic (exact) mass is 402 g/mol. The number of unbranched alkanes of at least 4 members (excludes halogenated alkanes) is 3. The Balaban J connectivity index is 2.20. The van der Waals surface area contributed by atoms with Crippen molar-refractivity contribution in [3.63, 3.8) is 0 Å². The number of aliphatic hydroxyl groups is 2. The summed E-state index contributed by atoms with van der Waals surface area (Å²) >= 11 is 0. The molecule has 2 N–H and O–H groups in total. The smallest absolute Gasteiger partial charge is 0.336 e. The molecular weight excluding hydrogens is 375 g/mol. The number of ether oxygens (including phenoxy) is 2. The van der Waals surface area contributed by atoms with Gasteiger partial charge in [0.2, 0.25) is 5.82 Å². The molecule has 158 valence electrons. The molecule has 1 saturated heterocycles. The highest BCUT2D eigenvalue weighted by Crippen LogP contribution is 2.27. The van der Waals surface area contributed by atoms with Crippen LogP contribution in [0.4, 0.5) is 4.39 Å². The van der Waals surface area contributed by atoms with Crippen molar-refractivity contribution in [3.05, 3.63) is 32.9 Å². The van der Waals surface area contributed by atoms with Crippen molar-refractivity contribution in [1.82, 2.24) is 9.13 Å². The second-order valence-corrected chi connectivity index (χ2v) is 6.86. The molecule has 0 radical (unpaired) electrons. The summed E-state index contributed by atoms with van der Waals surface area (Å²) in [6.07, 6.45) is -0.0681. The predicted molar refractivity (Wildman–Crippen MR) is 96.1 cm³/mol. The number of carbonyl (C=O) groups excluding carboxylic acids is 1. The average Bonchev–Trinajstić information content (AvgIpc) is 3.02. The lowest BCUT2D eigenvalue weighted by Gasteiger charge is -2.20. The molecule has 1 aliphatic heterocycles. The van der Waals surface area contributed by atoms with Gasteiger partial charge in [-0.1, -0.05) is 26.2 Å². The lowest BCUT2D eigenvalue weighted by Crippen LogP contribution is -2.45. The third-order valence-electron chi connectivity index (χ3n) is 4.70. The fourth-order valence-electron chi connectivity index (χ4n) is 3.13. The van der Waals surface area contributed by atoms with Crippen LogP contribution in [0, 0.1) is 5.82 Å². The molecule has 4 atom stereocenters. The Morgan fingerprint density at radius 2 is 2.11 bits per heavy atom. The van der Waals surface area contributed by atoms with Gasteiger partial charge in [0.15, 0.2) is 6.23 Å². The molecule has 1 aromatic heterocycles. The summed E-state index contributed by atoms with van der Waals surface area (Å²) in [5.41, 5.74) is -2.15. The van der Waals surface area contributed by atoms with Crippen molar-refractivity contribution in [2.24, 2.45) is 0 Å². The van der Waals surface area contributed by atoms with Crippen molar-refractivity contribution in [2.45, 2.75) is 77.0 Å². The van der Waals surface area contributed by atoms with Crippen LogP contribution in [-0.2, 0) is 14.3 Å². The van der Waals surface area contributed by atoms with E-state index in [-0.39, 0.29) is 12.8 Å². The SMILES string of the molecule is CCCCCCC(=O)OC(C)n1c(=O)c(F)cn([C@H]2C[C@H](O)[C@@H](CO)O2)c1=O. The minimum atomic E-state index is -1.31. The van der Waals surface area contributed by atoms with E-state index < -0.39 is 54.3 Å². The molecule has 0 aliphatic carbocycles. The summed E-state index contributed by atoms with van der Waals surface area (Å²) in [5.74, 6) is -1.81. The topological polar surface area (TPSA) is 120 Å². The highest BCUT2D eigenvalue weighted by atomic mass is 19.1. The zero-order chi connectivity index (χ0) is 20.8. The number of halogens is 1. The van der Waals surface area contributed by atoms with E-state index in [9.17, 15) is 23.9 Å². The minimum Gasteiger partial charge on any atom is -0.441 e. The first-order valence-corrected chi connectivity index (χ1v) is 9.47. The maximum atomic E-state index is 14.1. The number of aromatic nitrogens is 2. The standard InChI is InChI=1S/C18H27FN2O7/c1-3-4-5-6-7-16(24)27-11(2)21-17(25)12(19)9-20(18(21)26)15-8-13(23)14(10-22)28-15/h9,11,13-15,22-23H,3-8,10H2,1-2H3/t11?,13-,14+,15+/m0/s1. The zero-order valence-corrected chi connectivity index (χ0v) is 16.0. The summed E-state index contributed by atoms with van der Waals surface area (Å²) in [7, 11) is 0. The molecule has 9 nitrogen and oxygen atoms in total. The molecule has 1 fully saturated rings. The summed E-state index contributed by atoms with van der Waals surface area (Å²) in [6.45, 7) is 2.87. The van der Waals surface area contributed by atoms with Crippen LogP contribution in [0.25, 0.3) is 0 Å². The highest BCUT2D eigenvalue weighted by molar-refractivity contribution is 5.69. The van der Waals surface area contributed by atoms with Crippen LogP contribution in [0.15, 0.2) is 15.8 Å². The van der Waals surface area contributed by atoms with Gasteiger partial charge < -0.3 is 19.7 Å². The van der Waals surface area contributed by atoms with Crippen molar-refractivity contribution in [1.29, 1.82) is 0 Å². The van der Waals surface area contributed by atoms with Crippen LogP contribution in [0.5, 0.6) is 0 Å². The van der Waals surface area contributed by atoms with Crippen molar-refractivity contribution < 1.29 is 28.9 Å². The largest absolute Gasteiger partial charge is 0.441 e. The van der Waals surface area contributed by atoms with Crippen molar-refractivity contribution in [3.8, 4) is 0 Å². The van der Waals surface area contributed by atoms with Crippen LogP contribution < -0.4 is 11.2 Å². The number of hydrogen-bond acceptors (Lipinski definition) is 7. The first-order valence-electron chi connectivity index (χ1n) is 9.47. The molecule has 0 spiro atoms. The number of esters is 1. The van der Waals surface area contributed by atoms with E-state index in [1.165, 1.54) is 6.92 Å². The Bertz CT molecular complexity index is 791. The van der Waals surface area contributed by atoms with E-state index >= 15 is 0 Å². The maximum absolute atomic E-state index is 14.1. The van der Waals surface area contributed by atoms with E-state index in [1.54, 1.807) is 0 Å². The van der Waals surface area contributed by atoms with Crippen LogP contribution in [0.3, 0.4) is 0 Å². The Hall–Kier alpha value is -2.04. The molecule has 1 unspecified atom stereocenters. The van der Waals surface area contributed by atoms with Gasteiger partial charge in [0, 0.05) is 12.8 Å². The molecule has 10 heteroatoms. The highest BCUT2D eigenvalue weighted by Gasteiger charge is 2.36. The lowest BCUT2D eigenvalue weighted by molar-refractivity contribution is -0.153. The lowest BCUT2D eigenvalue weighted by atomic mass is 10.2. The normalized spacial score (nSPS) is 23.0. The number of aliphatic hydroxyl groups excluding tert-OH is 2. The predicted octanol–water partition coefficient (Wildman–Crippen LogP) is 0.822. The fraction of sp³-hybridized carbons (Fsp3) is 0.722. The average molecular weight is 402 g/mol. The van der Waals surface area contributed by atoms with Gasteiger partial charge in [-0.2, -0.15) is 4.39 Å². The number of hydrogen-bond donors (Lipinski definition) is 2. The maximum Gasteiger partial charge on any atom is 0.336 e. The molecule has 0 aromatic carbocycles. The third-order valence-corrected chi connectivity index (χ3v) is 4.70. The fourth-order valence-corrected chi connectivity index (χ4v) is 3.13. The van der Waals surface area contributed by atoms with Crippen molar-refractivity contribution in [2.75, 3.05) is 6.61 Å². The summed E-state index contributed by atoms with van der Waals surface area (Å²) in [6, 6.07) is 0. The number of rotatable bonds is 9.